The summed E-state index contributed by atoms with van der Waals surface area (Å²) in [4.78, 5) is 27.9. The number of carbonyl (C=O) groups excluding carboxylic acids is 1. The summed E-state index contributed by atoms with van der Waals surface area (Å²) in [6.07, 6.45) is 2.35. The second-order valence-electron chi connectivity index (χ2n) is 9.19. The lowest BCUT2D eigenvalue weighted by Gasteiger charge is -2.20. The van der Waals surface area contributed by atoms with Gasteiger partial charge in [0.2, 0.25) is 0 Å². The van der Waals surface area contributed by atoms with Crippen LogP contribution < -0.4 is 4.90 Å². The predicted octanol–water partition coefficient (Wildman–Crippen LogP) is 5.88. The Bertz CT molecular complexity index is 1140. The van der Waals surface area contributed by atoms with E-state index in [-0.39, 0.29) is 17.9 Å². The number of carbonyl (C=O) groups is 2. The number of hydrogen-bond acceptors (Lipinski definition) is 2. The van der Waals surface area contributed by atoms with Gasteiger partial charge in [0.25, 0.3) is 5.91 Å². The highest BCUT2D eigenvalue weighted by Crippen LogP contribution is 2.46. The Balaban J connectivity index is 1.24. The van der Waals surface area contributed by atoms with Crippen LogP contribution in [0.5, 0.6) is 0 Å². The number of nitrogens with zero attached hydrogens (tertiary/aromatic N) is 2. The van der Waals surface area contributed by atoms with Crippen molar-refractivity contribution in [1.82, 2.24) is 4.90 Å². The molecular weight excluding hydrogens is 412 g/mol. The number of anilines is 1. The molecule has 2 unspecified atom stereocenters. The fourth-order valence-corrected chi connectivity index (χ4v) is 4.51. The van der Waals surface area contributed by atoms with Crippen molar-refractivity contribution in [3.63, 3.8) is 0 Å². The Hall–Kier alpha value is -3.60. The van der Waals surface area contributed by atoms with Crippen molar-refractivity contribution < 1.29 is 14.7 Å². The summed E-state index contributed by atoms with van der Waals surface area (Å²) in [5.74, 6) is 0.736. The molecule has 0 aromatic heterocycles. The van der Waals surface area contributed by atoms with Gasteiger partial charge in [-0.15, -0.1) is 0 Å². The first-order chi connectivity index (χ1) is 16.0. The normalized spacial score (nSPS) is 19.1. The molecule has 3 aromatic rings. The average molecular weight is 441 g/mol. The van der Waals surface area contributed by atoms with Crippen LogP contribution in [0.1, 0.15) is 41.1 Å². The maximum absolute atomic E-state index is 13.0. The molecule has 0 heterocycles. The van der Waals surface area contributed by atoms with Gasteiger partial charge in [0.15, 0.2) is 0 Å². The van der Waals surface area contributed by atoms with Gasteiger partial charge in [-0.2, -0.15) is 0 Å². The zero-order valence-corrected chi connectivity index (χ0v) is 18.7. The highest BCUT2D eigenvalue weighted by molar-refractivity contribution is 6.05. The number of carboxylic acid groups (broad SMARTS) is 1. The molecule has 3 aromatic carbocycles. The van der Waals surface area contributed by atoms with Crippen molar-refractivity contribution in [1.29, 1.82) is 0 Å². The molecule has 2 aliphatic rings. The molecule has 2 aliphatic carbocycles. The summed E-state index contributed by atoms with van der Waals surface area (Å²) in [6, 6.07) is 25.8. The smallest absolute Gasteiger partial charge is 0.407 e. The number of benzene rings is 3. The summed E-state index contributed by atoms with van der Waals surface area (Å²) in [6.45, 7) is 0.662. The Labute approximate surface area is 194 Å². The van der Waals surface area contributed by atoms with Gasteiger partial charge < -0.3 is 14.9 Å². The summed E-state index contributed by atoms with van der Waals surface area (Å²) in [5.41, 5.74) is 4.80. The van der Waals surface area contributed by atoms with E-state index in [2.05, 4.69) is 12.1 Å². The molecule has 0 saturated heterocycles. The van der Waals surface area contributed by atoms with Gasteiger partial charge in [0.05, 0.1) is 0 Å². The summed E-state index contributed by atoms with van der Waals surface area (Å²) in [5, 5.41) is 9.57. The third-order valence-corrected chi connectivity index (χ3v) is 6.81. The van der Waals surface area contributed by atoms with Crippen LogP contribution in [0.3, 0.4) is 0 Å². The largest absolute Gasteiger partial charge is 0.465 e. The lowest BCUT2D eigenvalue weighted by molar-refractivity contribution is 0.0993. The van der Waals surface area contributed by atoms with E-state index in [0.717, 1.165) is 41.6 Å². The Morgan fingerprint density at radius 2 is 1.52 bits per heavy atom. The second-order valence-corrected chi connectivity index (χ2v) is 9.19. The minimum absolute atomic E-state index is 0.0619. The first-order valence-electron chi connectivity index (χ1n) is 11.5. The van der Waals surface area contributed by atoms with Gasteiger partial charge in [0, 0.05) is 36.8 Å². The lowest BCUT2D eigenvalue weighted by atomic mass is 10.0. The molecule has 0 spiro atoms. The van der Waals surface area contributed by atoms with Crippen LogP contribution >= 0.6 is 0 Å². The van der Waals surface area contributed by atoms with Crippen molar-refractivity contribution in [2.24, 2.45) is 5.92 Å². The third kappa shape index (κ3) is 4.63. The van der Waals surface area contributed by atoms with Gasteiger partial charge >= 0.3 is 6.09 Å². The minimum Gasteiger partial charge on any atom is -0.465 e. The molecule has 33 heavy (non-hydrogen) atoms. The Morgan fingerprint density at radius 3 is 2.12 bits per heavy atom. The molecule has 0 bridgehead atoms. The van der Waals surface area contributed by atoms with Crippen molar-refractivity contribution in [3.8, 4) is 11.1 Å². The molecule has 168 valence electrons. The Morgan fingerprint density at radius 1 is 0.879 bits per heavy atom. The monoisotopic (exact) mass is 440 g/mol. The van der Waals surface area contributed by atoms with Gasteiger partial charge in [-0.3, -0.25) is 4.79 Å². The second kappa shape index (κ2) is 8.74. The van der Waals surface area contributed by atoms with E-state index in [1.54, 1.807) is 16.8 Å². The molecule has 2 amide bonds. The van der Waals surface area contributed by atoms with Crippen LogP contribution in [0.4, 0.5) is 10.5 Å². The lowest BCUT2D eigenvalue weighted by Crippen LogP contribution is -2.34. The van der Waals surface area contributed by atoms with Crippen molar-refractivity contribution >= 4 is 17.7 Å². The molecular formula is C28H28N2O3. The first kappa shape index (κ1) is 21.3. The maximum atomic E-state index is 13.0. The highest BCUT2D eigenvalue weighted by atomic mass is 16.4. The molecule has 5 heteroatoms. The van der Waals surface area contributed by atoms with Gasteiger partial charge in [-0.05, 0) is 66.1 Å². The van der Waals surface area contributed by atoms with Crippen LogP contribution in [-0.2, 0) is 0 Å². The average Bonchev–Trinajstić information content (AvgIpc) is 3.78. The minimum atomic E-state index is -0.811. The zero-order valence-electron chi connectivity index (χ0n) is 18.7. The Kier molecular flexibility index (Phi) is 5.63. The van der Waals surface area contributed by atoms with E-state index >= 15 is 0 Å². The molecule has 2 fully saturated rings. The van der Waals surface area contributed by atoms with Crippen LogP contribution in [0.25, 0.3) is 11.1 Å². The van der Waals surface area contributed by atoms with E-state index in [1.807, 2.05) is 66.7 Å². The first-order valence-corrected chi connectivity index (χ1v) is 11.5. The molecule has 5 rings (SSSR count). The topological polar surface area (TPSA) is 60.9 Å². The third-order valence-electron chi connectivity index (χ3n) is 6.81. The van der Waals surface area contributed by atoms with Crippen molar-refractivity contribution in [2.75, 3.05) is 18.5 Å². The zero-order chi connectivity index (χ0) is 22.9. The molecule has 5 nitrogen and oxygen atoms in total. The quantitative estimate of drug-likeness (QED) is 0.499. The fourth-order valence-electron chi connectivity index (χ4n) is 4.51. The van der Waals surface area contributed by atoms with Gasteiger partial charge in [-0.25, -0.2) is 4.79 Å². The highest BCUT2D eigenvalue weighted by Gasteiger charge is 2.46. The number of hydrogen-bond donors (Lipinski definition) is 1. The summed E-state index contributed by atoms with van der Waals surface area (Å²) < 4.78 is 0. The number of amides is 2. The molecule has 2 atom stereocenters. The van der Waals surface area contributed by atoms with Gasteiger partial charge in [0.1, 0.15) is 0 Å². The maximum Gasteiger partial charge on any atom is 0.407 e. The van der Waals surface area contributed by atoms with Crippen molar-refractivity contribution in [2.45, 2.75) is 31.2 Å². The van der Waals surface area contributed by atoms with E-state index in [1.165, 1.54) is 0 Å². The van der Waals surface area contributed by atoms with Crippen molar-refractivity contribution in [3.05, 3.63) is 90.0 Å². The predicted molar refractivity (Wildman–Crippen MR) is 130 cm³/mol. The van der Waals surface area contributed by atoms with Crippen LogP contribution in [0.15, 0.2) is 78.9 Å². The molecule has 2 saturated carbocycles. The van der Waals surface area contributed by atoms with Crippen LogP contribution in [-0.4, -0.2) is 41.6 Å². The standard InChI is InChI=1S/C28H28N2O3/c1-29(27(31)23-11-9-21(10-12-23)20-5-3-2-4-6-20)24-15-13-22(14-16-24)25-17-26(25)30(28(32)33)18-19-7-8-19/h2-6,9-16,19,25-26H,7-8,17-18H2,1H3,(H,32,33). The van der Waals surface area contributed by atoms with E-state index < -0.39 is 6.09 Å². The summed E-state index contributed by atoms with van der Waals surface area (Å²) in [7, 11) is 1.78. The fraction of sp³-hybridized carbons (Fsp3) is 0.286. The number of rotatable bonds is 7. The molecule has 0 aliphatic heterocycles. The SMILES string of the molecule is CN(C(=O)c1ccc(-c2ccccc2)cc1)c1ccc(C2CC2N(CC2CC2)C(=O)O)cc1. The van der Waals surface area contributed by atoms with Crippen LogP contribution in [0, 0.1) is 5.92 Å². The molecule has 0 radical (unpaired) electrons. The van der Waals surface area contributed by atoms with E-state index in [0.29, 0.717) is 18.0 Å². The van der Waals surface area contributed by atoms with E-state index in [9.17, 15) is 14.7 Å². The van der Waals surface area contributed by atoms with Gasteiger partial charge in [-0.1, -0.05) is 54.6 Å². The molecule has 1 N–H and O–H groups in total. The van der Waals surface area contributed by atoms with Crippen LogP contribution in [0.2, 0.25) is 0 Å². The summed E-state index contributed by atoms with van der Waals surface area (Å²) >= 11 is 0. The van der Waals surface area contributed by atoms with E-state index in [4.69, 9.17) is 0 Å².